The Labute approximate surface area is 83.7 Å². The largest absolute Gasteiger partial charge is 0.379 e. The predicted octanol–water partition coefficient (Wildman–Crippen LogP) is 1.31. The van der Waals surface area contributed by atoms with Gasteiger partial charge in [0.2, 0.25) is 5.95 Å². The Balaban J connectivity index is 1.97. The maximum absolute atomic E-state index is 5.41. The zero-order valence-electron chi connectivity index (χ0n) is 8.31. The molecule has 0 spiro atoms. The molecule has 4 nitrogen and oxygen atoms in total. The molecule has 1 saturated heterocycles. The number of nitrogens with zero attached hydrogens (tertiary/aromatic N) is 2. The highest BCUT2D eigenvalue weighted by Gasteiger charge is 2.26. The molecule has 1 aromatic rings. The third-order valence-electron chi connectivity index (χ3n) is 2.60. The van der Waals surface area contributed by atoms with Gasteiger partial charge in [0.05, 0.1) is 19.3 Å². The molecule has 2 rings (SSSR count). The summed E-state index contributed by atoms with van der Waals surface area (Å²) in [6.45, 7) is 3.79. The number of ether oxygens (including phenoxy) is 1. The van der Waals surface area contributed by atoms with E-state index >= 15 is 0 Å². The van der Waals surface area contributed by atoms with Gasteiger partial charge in [0, 0.05) is 18.3 Å². The van der Waals surface area contributed by atoms with Crippen LogP contribution in [-0.2, 0) is 4.74 Å². The summed E-state index contributed by atoms with van der Waals surface area (Å²) in [5.74, 6) is 1.28. The number of rotatable bonds is 3. The van der Waals surface area contributed by atoms with Crippen LogP contribution in [0.15, 0.2) is 18.5 Å². The molecule has 14 heavy (non-hydrogen) atoms. The number of nitrogens with one attached hydrogen (secondary N) is 1. The second kappa shape index (κ2) is 4.37. The fourth-order valence-corrected chi connectivity index (χ4v) is 1.70. The van der Waals surface area contributed by atoms with E-state index in [0.717, 1.165) is 19.6 Å². The Morgan fingerprint density at radius 3 is 2.93 bits per heavy atom. The van der Waals surface area contributed by atoms with Gasteiger partial charge in [-0.3, -0.25) is 0 Å². The standard InChI is InChI=1S/C10H15N3O/c1-2-8-6-14-7-9(8)13-10-11-4-3-5-12-10/h3-5,8-9H,2,6-7H2,1H3,(H,11,12,13). The van der Waals surface area contributed by atoms with E-state index in [-0.39, 0.29) is 0 Å². The Morgan fingerprint density at radius 2 is 2.21 bits per heavy atom. The van der Waals surface area contributed by atoms with Crippen molar-refractivity contribution in [3.8, 4) is 0 Å². The van der Waals surface area contributed by atoms with Gasteiger partial charge in [-0.15, -0.1) is 0 Å². The first-order valence-corrected chi connectivity index (χ1v) is 5.01. The lowest BCUT2D eigenvalue weighted by atomic mass is 10.0. The van der Waals surface area contributed by atoms with Crippen molar-refractivity contribution in [2.24, 2.45) is 5.92 Å². The van der Waals surface area contributed by atoms with Crippen molar-refractivity contribution in [2.75, 3.05) is 18.5 Å². The maximum atomic E-state index is 5.41. The van der Waals surface area contributed by atoms with Crippen LogP contribution in [0, 0.1) is 5.92 Å². The molecule has 4 heteroatoms. The van der Waals surface area contributed by atoms with E-state index in [1.807, 2.05) is 6.07 Å². The molecule has 0 aliphatic carbocycles. The molecule has 0 aromatic carbocycles. The van der Waals surface area contributed by atoms with E-state index in [9.17, 15) is 0 Å². The topological polar surface area (TPSA) is 47.0 Å². The van der Waals surface area contributed by atoms with Crippen LogP contribution in [0.5, 0.6) is 0 Å². The molecule has 0 saturated carbocycles. The van der Waals surface area contributed by atoms with E-state index in [1.54, 1.807) is 12.4 Å². The van der Waals surface area contributed by atoms with E-state index < -0.39 is 0 Å². The van der Waals surface area contributed by atoms with Crippen molar-refractivity contribution in [3.63, 3.8) is 0 Å². The summed E-state index contributed by atoms with van der Waals surface area (Å²) in [5, 5.41) is 3.29. The highest BCUT2D eigenvalue weighted by molar-refractivity contribution is 5.25. The van der Waals surface area contributed by atoms with Gasteiger partial charge in [0.25, 0.3) is 0 Å². The van der Waals surface area contributed by atoms with Gasteiger partial charge in [-0.2, -0.15) is 0 Å². The molecule has 1 aliphatic heterocycles. The molecule has 76 valence electrons. The van der Waals surface area contributed by atoms with E-state index in [0.29, 0.717) is 17.9 Å². The van der Waals surface area contributed by atoms with Crippen LogP contribution in [-0.4, -0.2) is 29.2 Å². The lowest BCUT2D eigenvalue weighted by Crippen LogP contribution is -2.28. The van der Waals surface area contributed by atoms with Gasteiger partial charge in [-0.25, -0.2) is 9.97 Å². The second-order valence-corrected chi connectivity index (χ2v) is 3.53. The zero-order valence-corrected chi connectivity index (χ0v) is 8.31. The first kappa shape index (κ1) is 9.40. The minimum absolute atomic E-state index is 0.363. The van der Waals surface area contributed by atoms with Crippen molar-refractivity contribution in [3.05, 3.63) is 18.5 Å². The van der Waals surface area contributed by atoms with Gasteiger partial charge in [0.15, 0.2) is 0 Å². The fraction of sp³-hybridized carbons (Fsp3) is 0.600. The highest BCUT2D eigenvalue weighted by Crippen LogP contribution is 2.19. The molecule has 0 bridgehead atoms. The second-order valence-electron chi connectivity index (χ2n) is 3.53. The molecular formula is C10H15N3O. The zero-order chi connectivity index (χ0) is 9.80. The fourth-order valence-electron chi connectivity index (χ4n) is 1.70. The Morgan fingerprint density at radius 1 is 1.43 bits per heavy atom. The Bertz CT molecular complexity index is 278. The van der Waals surface area contributed by atoms with Crippen LogP contribution >= 0.6 is 0 Å². The van der Waals surface area contributed by atoms with Crippen LogP contribution in [0.1, 0.15) is 13.3 Å². The van der Waals surface area contributed by atoms with E-state index in [4.69, 9.17) is 4.74 Å². The average molecular weight is 193 g/mol. The predicted molar refractivity (Wildman–Crippen MR) is 54.0 cm³/mol. The molecule has 0 radical (unpaired) electrons. The minimum atomic E-state index is 0.363. The highest BCUT2D eigenvalue weighted by atomic mass is 16.5. The summed E-state index contributed by atoms with van der Waals surface area (Å²) in [4.78, 5) is 8.27. The molecular weight excluding hydrogens is 178 g/mol. The minimum Gasteiger partial charge on any atom is -0.379 e. The van der Waals surface area contributed by atoms with Crippen LogP contribution < -0.4 is 5.32 Å². The van der Waals surface area contributed by atoms with Crippen molar-refractivity contribution in [2.45, 2.75) is 19.4 Å². The lowest BCUT2D eigenvalue weighted by Gasteiger charge is -2.16. The smallest absolute Gasteiger partial charge is 0.222 e. The third-order valence-corrected chi connectivity index (χ3v) is 2.60. The van der Waals surface area contributed by atoms with Crippen LogP contribution in [0.2, 0.25) is 0 Å². The first-order chi connectivity index (χ1) is 6.90. The normalized spacial score (nSPS) is 26.4. The molecule has 2 atom stereocenters. The quantitative estimate of drug-likeness (QED) is 0.786. The van der Waals surface area contributed by atoms with Crippen molar-refractivity contribution in [1.29, 1.82) is 0 Å². The number of hydrogen-bond acceptors (Lipinski definition) is 4. The van der Waals surface area contributed by atoms with Crippen molar-refractivity contribution in [1.82, 2.24) is 9.97 Å². The van der Waals surface area contributed by atoms with Gasteiger partial charge in [-0.05, 0) is 12.5 Å². The number of aromatic nitrogens is 2. The number of hydrogen-bond donors (Lipinski definition) is 1. The summed E-state index contributed by atoms with van der Waals surface area (Å²) in [6.07, 6.45) is 4.61. The van der Waals surface area contributed by atoms with E-state index in [1.165, 1.54) is 0 Å². The summed E-state index contributed by atoms with van der Waals surface area (Å²) in [6, 6.07) is 2.18. The molecule has 1 aromatic heterocycles. The maximum Gasteiger partial charge on any atom is 0.222 e. The van der Waals surface area contributed by atoms with Gasteiger partial charge in [-0.1, -0.05) is 6.92 Å². The van der Waals surface area contributed by atoms with Gasteiger partial charge in [0.1, 0.15) is 0 Å². The summed E-state index contributed by atoms with van der Waals surface area (Å²) in [7, 11) is 0. The first-order valence-electron chi connectivity index (χ1n) is 5.01. The SMILES string of the molecule is CCC1COCC1Nc1ncccn1. The number of anilines is 1. The van der Waals surface area contributed by atoms with Crippen LogP contribution in [0.25, 0.3) is 0 Å². The Kier molecular flexibility index (Phi) is 2.93. The molecule has 1 fully saturated rings. The van der Waals surface area contributed by atoms with E-state index in [2.05, 4.69) is 22.2 Å². The molecule has 1 N–H and O–H groups in total. The molecule has 2 unspecified atom stereocenters. The average Bonchev–Trinajstić information content (AvgIpc) is 2.67. The monoisotopic (exact) mass is 193 g/mol. The summed E-state index contributed by atoms with van der Waals surface area (Å²) < 4.78 is 5.41. The van der Waals surface area contributed by atoms with Crippen LogP contribution in [0.3, 0.4) is 0 Å². The van der Waals surface area contributed by atoms with Gasteiger partial charge >= 0.3 is 0 Å². The molecule has 2 heterocycles. The van der Waals surface area contributed by atoms with Crippen LogP contribution in [0.4, 0.5) is 5.95 Å². The summed E-state index contributed by atoms with van der Waals surface area (Å²) in [5.41, 5.74) is 0. The van der Waals surface area contributed by atoms with Crippen molar-refractivity contribution < 1.29 is 4.74 Å². The summed E-state index contributed by atoms with van der Waals surface area (Å²) >= 11 is 0. The molecule has 0 amide bonds. The third kappa shape index (κ3) is 2.01. The lowest BCUT2D eigenvalue weighted by molar-refractivity contribution is 0.184. The Hall–Kier alpha value is -1.16. The molecule has 1 aliphatic rings. The van der Waals surface area contributed by atoms with Crippen molar-refractivity contribution >= 4 is 5.95 Å². The van der Waals surface area contributed by atoms with Gasteiger partial charge < -0.3 is 10.1 Å².